The third-order valence-electron chi connectivity index (χ3n) is 2.03. The van der Waals surface area contributed by atoms with Crippen LogP contribution in [0.15, 0.2) is 15.9 Å². The molecular formula is C12H17BrN2O2S. The fourth-order valence-electron chi connectivity index (χ4n) is 1.36. The highest BCUT2D eigenvalue weighted by molar-refractivity contribution is 9.11. The number of hydrogen-bond donors (Lipinski definition) is 1. The van der Waals surface area contributed by atoms with Gasteiger partial charge in [-0.15, -0.1) is 11.3 Å². The first-order chi connectivity index (χ1) is 8.19. The van der Waals surface area contributed by atoms with Gasteiger partial charge < -0.3 is 10.2 Å². The minimum atomic E-state index is -0.285. The molecule has 0 spiro atoms. The molecule has 0 fully saturated rings. The number of likely N-dealkylation sites (N-methyl/N-ethyl adjacent to an activating group) is 1. The van der Waals surface area contributed by atoms with Crippen LogP contribution in [0.25, 0.3) is 0 Å². The van der Waals surface area contributed by atoms with Gasteiger partial charge in [-0.05, 0) is 48.8 Å². The van der Waals surface area contributed by atoms with Crippen LogP contribution in [0.1, 0.15) is 30.4 Å². The van der Waals surface area contributed by atoms with Crippen molar-refractivity contribution in [3.8, 4) is 0 Å². The third kappa shape index (κ3) is 4.78. The highest BCUT2D eigenvalue weighted by Gasteiger charge is 2.19. The smallest absolute Gasteiger partial charge is 0.264 e. The lowest BCUT2D eigenvalue weighted by atomic mass is 10.1. The standard InChI is InChI=1S/C12H17BrN2O2S/c1-12(2,3)14-10(16)7-15(4)11(17)8-5-6-9(13)18-8/h5-6H,7H2,1-4H3,(H,14,16). The van der Waals surface area contributed by atoms with Gasteiger partial charge in [-0.2, -0.15) is 0 Å². The molecule has 4 nitrogen and oxygen atoms in total. The van der Waals surface area contributed by atoms with E-state index in [1.165, 1.54) is 16.2 Å². The molecule has 0 radical (unpaired) electrons. The molecule has 0 aliphatic rings. The molecule has 1 N–H and O–H groups in total. The average molecular weight is 333 g/mol. The van der Waals surface area contributed by atoms with Crippen LogP contribution in [0, 0.1) is 0 Å². The van der Waals surface area contributed by atoms with Crippen LogP contribution < -0.4 is 5.32 Å². The van der Waals surface area contributed by atoms with Gasteiger partial charge in [0.05, 0.1) is 15.2 Å². The Balaban J connectivity index is 2.58. The van der Waals surface area contributed by atoms with Gasteiger partial charge in [-0.3, -0.25) is 9.59 Å². The summed E-state index contributed by atoms with van der Waals surface area (Å²) in [5, 5.41) is 2.82. The summed E-state index contributed by atoms with van der Waals surface area (Å²) in [6.07, 6.45) is 0. The van der Waals surface area contributed by atoms with E-state index in [4.69, 9.17) is 0 Å². The van der Waals surface area contributed by atoms with Gasteiger partial charge >= 0.3 is 0 Å². The number of thiophene rings is 1. The van der Waals surface area contributed by atoms with Gasteiger partial charge in [0.2, 0.25) is 5.91 Å². The molecule has 6 heteroatoms. The van der Waals surface area contributed by atoms with Crippen molar-refractivity contribution in [3.05, 3.63) is 20.8 Å². The SMILES string of the molecule is CN(CC(=O)NC(C)(C)C)C(=O)c1ccc(Br)s1. The van der Waals surface area contributed by atoms with Crippen molar-refractivity contribution >= 4 is 39.1 Å². The summed E-state index contributed by atoms with van der Waals surface area (Å²) >= 11 is 4.67. The van der Waals surface area contributed by atoms with Crippen molar-refractivity contribution in [2.75, 3.05) is 13.6 Å². The predicted molar refractivity (Wildman–Crippen MR) is 76.9 cm³/mol. The number of rotatable bonds is 3. The molecule has 0 atom stereocenters. The highest BCUT2D eigenvalue weighted by atomic mass is 79.9. The van der Waals surface area contributed by atoms with E-state index in [1.807, 2.05) is 26.8 Å². The van der Waals surface area contributed by atoms with Gasteiger partial charge in [0.15, 0.2) is 0 Å². The molecule has 2 amide bonds. The first-order valence-corrected chi connectivity index (χ1v) is 7.12. The molecule has 18 heavy (non-hydrogen) atoms. The quantitative estimate of drug-likeness (QED) is 0.924. The first-order valence-electron chi connectivity index (χ1n) is 5.51. The normalized spacial score (nSPS) is 11.2. The van der Waals surface area contributed by atoms with Crippen molar-refractivity contribution in [2.45, 2.75) is 26.3 Å². The van der Waals surface area contributed by atoms with E-state index < -0.39 is 0 Å². The number of carbonyl (C=O) groups excluding carboxylic acids is 2. The van der Waals surface area contributed by atoms with Gasteiger partial charge in [-0.25, -0.2) is 0 Å². The van der Waals surface area contributed by atoms with E-state index in [0.29, 0.717) is 4.88 Å². The molecule has 0 aliphatic heterocycles. The molecule has 1 rings (SSSR count). The largest absolute Gasteiger partial charge is 0.350 e. The Kier molecular flexibility index (Phi) is 4.92. The Hall–Kier alpha value is -0.880. The Bertz CT molecular complexity index is 451. The lowest BCUT2D eigenvalue weighted by molar-refractivity contribution is -0.122. The van der Waals surface area contributed by atoms with Crippen LogP contribution in [0.3, 0.4) is 0 Å². The number of carbonyl (C=O) groups is 2. The summed E-state index contributed by atoms with van der Waals surface area (Å²) in [7, 11) is 1.62. The second kappa shape index (κ2) is 5.84. The molecule has 0 unspecified atom stereocenters. The summed E-state index contributed by atoms with van der Waals surface area (Å²) in [6.45, 7) is 5.78. The Labute approximate surface area is 119 Å². The van der Waals surface area contributed by atoms with Crippen LogP contribution in [0.4, 0.5) is 0 Å². The second-order valence-electron chi connectivity index (χ2n) is 5.06. The van der Waals surface area contributed by atoms with Crippen LogP contribution in [0.2, 0.25) is 0 Å². The predicted octanol–water partition coefficient (Wildman–Crippen LogP) is 2.50. The number of nitrogens with zero attached hydrogens (tertiary/aromatic N) is 1. The summed E-state index contributed by atoms with van der Waals surface area (Å²) in [5.41, 5.74) is -0.285. The molecular weight excluding hydrogens is 316 g/mol. The van der Waals surface area contributed by atoms with Gasteiger partial charge in [0.25, 0.3) is 5.91 Å². The lowest BCUT2D eigenvalue weighted by Crippen LogP contribution is -2.46. The fourth-order valence-corrected chi connectivity index (χ4v) is 2.74. The van der Waals surface area contributed by atoms with E-state index in [0.717, 1.165) is 3.79 Å². The highest BCUT2D eigenvalue weighted by Crippen LogP contribution is 2.22. The zero-order valence-electron chi connectivity index (χ0n) is 10.9. The lowest BCUT2D eigenvalue weighted by Gasteiger charge is -2.23. The third-order valence-corrected chi connectivity index (χ3v) is 3.64. The number of hydrogen-bond acceptors (Lipinski definition) is 3. The number of amides is 2. The van der Waals surface area contributed by atoms with Crippen molar-refractivity contribution in [1.29, 1.82) is 0 Å². The van der Waals surface area contributed by atoms with Crippen LogP contribution in [-0.4, -0.2) is 35.8 Å². The molecule has 0 saturated heterocycles. The number of nitrogens with one attached hydrogen (secondary N) is 1. The summed E-state index contributed by atoms with van der Waals surface area (Å²) in [5.74, 6) is -0.302. The van der Waals surface area contributed by atoms with Gasteiger partial charge in [0.1, 0.15) is 0 Å². The topological polar surface area (TPSA) is 49.4 Å². The molecule has 0 aromatic carbocycles. The zero-order valence-corrected chi connectivity index (χ0v) is 13.3. The van der Waals surface area contributed by atoms with Crippen LogP contribution >= 0.6 is 27.3 Å². The van der Waals surface area contributed by atoms with E-state index in [1.54, 1.807) is 13.1 Å². The molecule has 100 valence electrons. The summed E-state index contributed by atoms with van der Waals surface area (Å²) in [6, 6.07) is 3.57. The maximum atomic E-state index is 12.0. The van der Waals surface area contributed by atoms with E-state index in [2.05, 4.69) is 21.2 Å². The molecule has 1 heterocycles. The van der Waals surface area contributed by atoms with E-state index in [9.17, 15) is 9.59 Å². The van der Waals surface area contributed by atoms with Gasteiger partial charge in [0, 0.05) is 12.6 Å². The second-order valence-corrected chi connectivity index (χ2v) is 7.53. The minimum Gasteiger partial charge on any atom is -0.350 e. The van der Waals surface area contributed by atoms with Crippen molar-refractivity contribution < 1.29 is 9.59 Å². The van der Waals surface area contributed by atoms with Crippen LogP contribution in [-0.2, 0) is 4.79 Å². The average Bonchev–Trinajstić information content (AvgIpc) is 2.60. The summed E-state index contributed by atoms with van der Waals surface area (Å²) in [4.78, 5) is 25.7. The zero-order chi connectivity index (χ0) is 13.9. The maximum absolute atomic E-state index is 12.0. The maximum Gasteiger partial charge on any atom is 0.264 e. The first kappa shape index (κ1) is 15.2. The van der Waals surface area contributed by atoms with E-state index >= 15 is 0 Å². The molecule has 0 aliphatic carbocycles. The minimum absolute atomic E-state index is 0.0611. The Morgan fingerprint density at radius 2 is 2.00 bits per heavy atom. The monoisotopic (exact) mass is 332 g/mol. The van der Waals surface area contributed by atoms with Crippen molar-refractivity contribution in [2.24, 2.45) is 0 Å². The summed E-state index contributed by atoms with van der Waals surface area (Å²) < 4.78 is 0.901. The van der Waals surface area contributed by atoms with Crippen molar-refractivity contribution in [1.82, 2.24) is 10.2 Å². The molecule has 1 aromatic heterocycles. The van der Waals surface area contributed by atoms with E-state index in [-0.39, 0.29) is 23.9 Å². The molecule has 1 aromatic rings. The van der Waals surface area contributed by atoms with Gasteiger partial charge in [-0.1, -0.05) is 0 Å². The van der Waals surface area contributed by atoms with Crippen molar-refractivity contribution in [3.63, 3.8) is 0 Å². The molecule has 0 bridgehead atoms. The fraction of sp³-hybridized carbons (Fsp3) is 0.500. The van der Waals surface area contributed by atoms with Crippen LogP contribution in [0.5, 0.6) is 0 Å². The Morgan fingerprint density at radius 3 is 2.44 bits per heavy atom. The molecule has 0 saturated carbocycles. The Morgan fingerprint density at radius 1 is 1.39 bits per heavy atom. The number of halogens is 1.